The van der Waals surface area contributed by atoms with E-state index in [9.17, 15) is 9.59 Å². The zero-order valence-corrected chi connectivity index (χ0v) is 16.5. The Balaban J connectivity index is 2.32. The van der Waals surface area contributed by atoms with E-state index < -0.39 is 23.4 Å². The van der Waals surface area contributed by atoms with Gasteiger partial charge in [-0.3, -0.25) is 4.79 Å². The minimum atomic E-state index is -1.37. The Labute approximate surface area is 164 Å². The van der Waals surface area contributed by atoms with Gasteiger partial charge in [-0.15, -0.1) is 0 Å². The molecule has 0 spiro atoms. The second-order valence-electron chi connectivity index (χ2n) is 6.93. The number of hydrazone groups is 1. The number of methoxy groups -OCH3 is 2. The second-order valence-corrected chi connectivity index (χ2v) is 6.93. The molecule has 1 aliphatic heterocycles. The van der Waals surface area contributed by atoms with Crippen LogP contribution in [0.2, 0.25) is 0 Å². The molecule has 0 amide bonds. The number of hydrogen-bond acceptors (Lipinski definition) is 6. The lowest BCUT2D eigenvalue weighted by Crippen LogP contribution is -2.62. The molecule has 0 aliphatic carbocycles. The summed E-state index contributed by atoms with van der Waals surface area (Å²) < 4.78 is 10.3. The molecule has 3 rings (SSSR count). The predicted molar refractivity (Wildman–Crippen MR) is 107 cm³/mol. The summed E-state index contributed by atoms with van der Waals surface area (Å²) in [5.41, 5.74) is 0.566. The number of para-hydroxylation sites is 1. The van der Waals surface area contributed by atoms with E-state index in [4.69, 9.17) is 14.6 Å². The first-order valence-corrected chi connectivity index (χ1v) is 9.13. The number of ether oxygens (including phenoxy) is 2. The van der Waals surface area contributed by atoms with Crippen molar-refractivity contribution in [1.82, 2.24) is 0 Å². The number of benzene rings is 2. The first-order valence-electron chi connectivity index (χ1n) is 9.13. The average molecular weight is 380 g/mol. The Morgan fingerprint density at radius 3 is 2.04 bits per heavy atom. The number of nitrogens with zero attached hydrogens (tertiary/aromatic N) is 2. The third-order valence-electron chi connectivity index (χ3n) is 5.17. The standard InChI is InChI=1S/C22H24N2O4/c1-15(2)22(21(26)28-4)18(20(25)27-3)19(16-11-7-5-8-12-16)23-24(22)17-13-9-6-10-14-17/h5-15,18H,1-4H3. The van der Waals surface area contributed by atoms with E-state index in [0.717, 1.165) is 5.56 Å². The van der Waals surface area contributed by atoms with Gasteiger partial charge in [0, 0.05) is 0 Å². The molecule has 2 unspecified atom stereocenters. The number of esters is 2. The molecule has 6 nitrogen and oxygen atoms in total. The Morgan fingerprint density at radius 1 is 0.964 bits per heavy atom. The molecule has 2 aromatic carbocycles. The van der Waals surface area contributed by atoms with Crippen LogP contribution in [-0.4, -0.2) is 37.4 Å². The fourth-order valence-electron chi connectivity index (χ4n) is 3.84. The lowest BCUT2D eigenvalue weighted by molar-refractivity contribution is -0.158. The van der Waals surface area contributed by atoms with E-state index >= 15 is 0 Å². The van der Waals surface area contributed by atoms with Gasteiger partial charge in [0.1, 0.15) is 5.92 Å². The van der Waals surface area contributed by atoms with Gasteiger partial charge in [0.15, 0.2) is 5.54 Å². The van der Waals surface area contributed by atoms with E-state index in [0.29, 0.717) is 11.4 Å². The van der Waals surface area contributed by atoms with E-state index in [-0.39, 0.29) is 5.92 Å². The molecule has 0 saturated heterocycles. The first kappa shape index (κ1) is 19.6. The van der Waals surface area contributed by atoms with Crippen LogP contribution in [0.1, 0.15) is 19.4 Å². The van der Waals surface area contributed by atoms with Crippen LogP contribution >= 0.6 is 0 Å². The van der Waals surface area contributed by atoms with Gasteiger partial charge in [0.25, 0.3) is 0 Å². The fraction of sp³-hybridized carbons (Fsp3) is 0.318. The van der Waals surface area contributed by atoms with Crippen molar-refractivity contribution in [2.45, 2.75) is 19.4 Å². The van der Waals surface area contributed by atoms with Crippen molar-refractivity contribution < 1.29 is 19.1 Å². The number of anilines is 1. The molecule has 28 heavy (non-hydrogen) atoms. The average Bonchev–Trinajstić information content (AvgIpc) is 3.11. The zero-order chi connectivity index (χ0) is 20.3. The molecule has 0 aromatic heterocycles. The van der Waals surface area contributed by atoms with Gasteiger partial charge < -0.3 is 9.47 Å². The maximum atomic E-state index is 13.2. The van der Waals surface area contributed by atoms with Crippen molar-refractivity contribution >= 4 is 23.3 Å². The van der Waals surface area contributed by atoms with Crippen LogP contribution < -0.4 is 5.01 Å². The maximum absolute atomic E-state index is 13.2. The van der Waals surface area contributed by atoms with Crippen LogP contribution in [0.3, 0.4) is 0 Å². The summed E-state index contributed by atoms with van der Waals surface area (Å²) in [6.07, 6.45) is 0. The van der Waals surface area contributed by atoms with Crippen LogP contribution in [0.4, 0.5) is 5.69 Å². The molecule has 0 fully saturated rings. The minimum Gasteiger partial charge on any atom is -0.468 e. The molecule has 6 heteroatoms. The van der Waals surface area contributed by atoms with E-state index in [2.05, 4.69) is 0 Å². The number of carbonyl (C=O) groups excluding carboxylic acids is 2. The number of carbonyl (C=O) groups is 2. The number of hydrogen-bond donors (Lipinski definition) is 0. The van der Waals surface area contributed by atoms with Gasteiger partial charge in [0.2, 0.25) is 0 Å². The Bertz CT molecular complexity index is 880. The molecule has 0 bridgehead atoms. The van der Waals surface area contributed by atoms with Gasteiger partial charge >= 0.3 is 11.9 Å². The summed E-state index contributed by atoms with van der Waals surface area (Å²) >= 11 is 0. The molecule has 2 atom stereocenters. The maximum Gasteiger partial charge on any atom is 0.335 e. The largest absolute Gasteiger partial charge is 0.468 e. The quantitative estimate of drug-likeness (QED) is 0.745. The van der Waals surface area contributed by atoms with Crippen molar-refractivity contribution in [2.24, 2.45) is 16.9 Å². The summed E-state index contributed by atoms with van der Waals surface area (Å²) in [5, 5.41) is 6.39. The van der Waals surface area contributed by atoms with Gasteiger partial charge in [-0.05, 0) is 23.6 Å². The summed E-state index contributed by atoms with van der Waals surface area (Å²) in [6, 6.07) is 18.7. The molecule has 1 heterocycles. The molecule has 146 valence electrons. The molecular weight excluding hydrogens is 356 g/mol. The normalized spacial score (nSPS) is 21.4. The van der Waals surface area contributed by atoms with Gasteiger partial charge in [-0.2, -0.15) is 5.10 Å². The highest BCUT2D eigenvalue weighted by Crippen LogP contribution is 2.45. The highest BCUT2D eigenvalue weighted by molar-refractivity contribution is 6.19. The number of rotatable bonds is 5. The van der Waals surface area contributed by atoms with Crippen LogP contribution in [0.5, 0.6) is 0 Å². The third kappa shape index (κ3) is 2.95. The Morgan fingerprint density at radius 2 is 1.54 bits per heavy atom. The molecule has 0 N–H and O–H groups in total. The van der Waals surface area contributed by atoms with Crippen LogP contribution in [0.15, 0.2) is 65.8 Å². The summed E-state index contributed by atoms with van der Waals surface area (Å²) in [5.74, 6) is -2.29. The SMILES string of the molecule is COC(=O)C1C(c2ccccc2)=NN(c2ccccc2)C1(C(=O)OC)C(C)C. The van der Waals surface area contributed by atoms with Crippen molar-refractivity contribution in [3.8, 4) is 0 Å². The lowest BCUT2D eigenvalue weighted by atomic mass is 9.72. The van der Waals surface area contributed by atoms with Crippen LogP contribution in [0.25, 0.3) is 0 Å². The smallest absolute Gasteiger partial charge is 0.335 e. The molecule has 0 radical (unpaired) electrons. The second kappa shape index (κ2) is 7.84. The molecule has 1 aliphatic rings. The predicted octanol–water partition coefficient (Wildman–Crippen LogP) is 3.27. The van der Waals surface area contributed by atoms with E-state index in [1.54, 1.807) is 5.01 Å². The highest BCUT2D eigenvalue weighted by Gasteiger charge is 2.63. The lowest BCUT2D eigenvalue weighted by Gasteiger charge is -2.41. The van der Waals surface area contributed by atoms with Gasteiger partial charge in [-0.1, -0.05) is 62.4 Å². The van der Waals surface area contributed by atoms with Crippen molar-refractivity contribution in [3.63, 3.8) is 0 Å². The van der Waals surface area contributed by atoms with Crippen molar-refractivity contribution in [2.75, 3.05) is 19.2 Å². The summed E-state index contributed by atoms with van der Waals surface area (Å²) in [6.45, 7) is 3.76. The van der Waals surface area contributed by atoms with Crippen molar-refractivity contribution in [3.05, 3.63) is 66.2 Å². The van der Waals surface area contributed by atoms with Gasteiger partial charge in [-0.25, -0.2) is 9.80 Å². The molecular formula is C22H24N2O4. The monoisotopic (exact) mass is 380 g/mol. The van der Waals surface area contributed by atoms with Crippen LogP contribution in [0, 0.1) is 11.8 Å². The topological polar surface area (TPSA) is 68.2 Å². The first-order chi connectivity index (χ1) is 13.5. The minimum absolute atomic E-state index is 0.297. The highest BCUT2D eigenvalue weighted by atomic mass is 16.5. The molecule has 2 aromatic rings. The molecule has 0 saturated carbocycles. The van der Waals surface area contributed by atoms with Crippen LogP contribution in [-0.2, 0) is 19.1 Å². The van der Waals surface area contributed by atoms with Gasteiger partial charge in [0.05, 0.1) is 25.6 Å². The summed E-state index contributed by atoms with van der Waals surface area (Å²) in [4.78, 5) is 26.2. The summed E-state index contributed by atoms with van der Waals surface area (Å²) in [7, 11) is 2.64. The fourth-order valence-corrected chi connectivity index (χ4v) is 3.84. The Hall–Kier alpha value is -3.15. The van der Waals surface area contributed by atoms with E-state index in [1.807, 2.05) is 74.5 Å². The van der Waals surface area contributed by atoms with E-state index in [1.165, 1.54) is 14.2 Å². The zero-order valence-electron chi connectivity index (χ0n) is 16.5. The van der Waals surface area contributed by atoms with Crippen molar-refractivity contribution in [1.29, 1.82) is 0 Å². The Kier molecular flexibility index (Phi) is 5.49. The third-order valence-corrected chi connectivity index (χ3v) is 5.17.